The molecule has 9 aromatic carbocycles. The Kier molecular flexibility index (Phi) is 5.00. The molecule has 0 radical (unpaired) electrons. The van der Waals surface area contributed by atoms with E-state index in [0.717, 1.165) is 27.8 Å². The SMILES string of the molecule is c1ccc2c(c1)-c1cccc3c(-c4ccc(-n5c6ccccc6c6c7ccccc7c7c8ccccc8oc7c65)c5ccccc45)ccc-2c13. The molecule has 2 heterocycles. The number of hydrogen-bond donors (Lipinski definition) is 0. The van der Waals surface area contributed by atoms with Crippen molar-refractivity contribution in [3.8, 4) is 39.1 Å². The van der Waals surface area contributed by atoms with Crippen LogP contribution in [0.25, 0.3) is 115 Å². The van der Waals surface area contributed by atoms with E-state index in [1.807, 2.05) is 0 Å². The molecule has 11 aromatic rings. The third-order valence-corrected chi connectivity index (χ3v) is 11.1. The molecule has 0 saturated carbocycles. The zero-order valence-electron chi connectivity index (χ0n) is 26.9. The average Bonchev–Trinajstić information content (AvgIpc) is 3.84. The summed E-state index contributed by atoms with van der Waals surface area (Å²) in [6.07, 6.45) is 0. The van der Waals surface area contributed by atoms with Gasteiger partial charge in [0.2, 0.25) is 0 Å². The maximum atomic E-state index is 6.85. The second kappa shape index (κ2) is 9.49. The van der Waals surface area contributed by atoms with Crippen LogP contribution < -0.4 is 0 Å². The van der Waals surface area contributed by atoms with Crippen LogP contribution in [0.3, 0.4) is 0 Å². The second-order valence-electron chi connectivity index (χ2n) is 13.5. The molecule has 1 aliphatic carbocycles. The quantitative estimate of drug-likeness (QED) is 0.185. The van der Waals surface area contributed by atoms with Gasteiger partial charge in [-0.15, -0.1) is 0 Å². The van der Waals surface area contributed by atoms with Crippen molar-refractivity contribution >= 4 is 76.1 Å². The Balaban J connectivity index is 1.21. The molecule has 0 saturated heterocycles. The molecule has 12 rings (SSSR count). The van der Waals surface area contributed by atoms with E-state index in [-0.39, 0.29) is 0 Å². The summed E-state index contributed by atoms with van der Waals surface area (Å²) in [4.78, 5) is 0. The molecule has 50 heavy (non-hydrogen) atoms. The largest absolute Gasteiger partial charge is 0.454 e. The van der Waals surface area contributed by atoms with Crippen LogP contribution in [0.2, 0.25) is 0 Å². The van der Waals surface area contributed by atoms with Crippen LogP contribution in [0.4, 0.5) is 0 Å². The first kappa shape index (κ1) is 26.3. The van der Waals surface area contributed by atoms with Gasteiger partial charge < -0.3 is 8.98 Å². The van der Waals surface area contributed by atoms with E-state index in [1.165, 1.54) is 87.4 Å². The Hall–Kier alpha value is -6.64. The number of fused-ring (bicyclic) bond motifs is 14. The zero-order valence-corrected chi connectivity index (χ0v) is 26.9. The summed E-state index contributed by atoms with van der Waals surface area (Å²) in [5, 5.41) is 12.3. The molecular weight excluding hydrogens is 607 g/mol. The number of aromatic nitrogens is 1. The van der Waals surface area contributed by atoms with E-state index in [9.17, 15) is 0 Å². The van der Waals surface area contributed by atoms with Crippen molar-refractivity contribution in [2.45, 2.75) is 0 Å². The normalized spacial score (nSPS) is 12.4. The van der Waals surface area contributed by atoms with E-state index in [1.54, 1.807) is 0 Å². The fourth-order valence-electron chi connectivity index (χ4n) is 9.13. The standard InChI is InChI=1S/C48H27NO/c1-2-14-30-29(13-1)34-20-11-21-35-32(24-25-38(30)44(34)35)31-26-27-42(33-15-4-3-12-28(31)33)49-41-22-9-7-18-39(41)45-36-16-5-6-17-37(36)46-40-19-8-10-23-43(40)50-48(46)47(45)49/h1-27H. The molecule has 1 aliphatic rings. The molecule has 2 nitrogen and oxygen atoms in total. The minimum Gasteiger partial charge on any atom is -0.454 e. The average molecular weight is 634 g/mol. The molecular formula is C48H27NO. The molecule has 0 bridgehead atoms. The van der Waals surface area contributed by atoms with Gasteiger partial charge in [0.25, 0.3) is 0 Å². The van der Waals surface area contributed by atoms with Gasteiger partial charge in [-0.05, 0) is 78.5 Å². The van der Waals surface area contributed by atoms with Gasteiger partial charge in [0.1, 0.15) is 5.58 Å². The lowest BCUT2D eigenvalue weighted by atomic mass is 9.91. The summed E-state index contributed by atoms with van der Waals surface area (Å²) in [5.74, 6) is 0. The number of rotatable bonds is 2. The maximum absolute atomic E-state index is 6.85. The zero-order chi connectivity index (χ0) is 32.5. The van der Waals surface area contributed by atoms with E-state index in [4.69, 9.17) is 4.42 Å². The predicted octanol–water partition coefficient (Wildman–Crippen LogP) is 13.5. The molecule has 0 aliphatic heterocycles. The Labute approximate surface area is 287 Å². The van der Waals surface area contributed by atoms with Crippen LogP contribution in [0.1, 0.15) is 0 Å². The van der Waals surface area contributed by atoms with Crippen LogP contribution in [-0.4, -0.2) is 4.57 Å². The Morgan fingerprint density at radius 3 is 1.68 bits per heavy atom. The lowest BCUT2D eigenvalue weighted by Gasteiger charge is -2.17. The van der Waals surface area contributed by atoms with Crippen molar-refractivity contribution in [3.63, 3.8) is 0 Å². The maximum Gasteiger partial charge on any atom is 0.160 e. The highest BCUT2D eigenvalue weighted by atomic mass is 16.3. The van der Waals surface area contributed by atoms with Crippen molar-refractivity contribution in [1.29, 1.82) is 0 Å². The molecule has 230 valence electrons. The highest BCUT2D eigenvalue weighted by molar-refractivity contribution is 6.35. The van der Waals surface area contributed by atoms with Gasteiger partial charge in [-0.3, -0.25) is 0 Å². The Bertz CT molecular complexity index is 3240. The van der Waals surface area contributed by atoms with Gasteiger partial charge >= 0.3 is 0 Å². The van der Waals surface area contributed by atoms with Gasteiger partial charge in [-0.1, -0.05) is 146 Å². The van der Waals surface area contributed by atoms with Crippen LogP contribution in [0.5, 0.6) is 0 Å². The first-order valence-electron chi connectivity index (χ1n) is 17.3. The number of benzene rings is 9. The van der Waals surface area contributed by atoms with Crippen molar-refractivity contribution in [1.82, 2.24) is 4.57 Å². The Morgan fingerprint density at radius 2 is 0.860 bits per heavy atom. The van der Waals surface area contributed by atoms with Gasteiger partial charge in [0.15, 0.2) is 5.58 Å². The second-order valence-corrected chi connectivity index (χ2v) is 13.5. The monoisotopic (exact) mass is 633 g/mol. The first-order chi connectivity index (χ1) is 24.8. The minimum absolute atomic E-state index is 0.909. The van der Waals surface area contributed by atoms with Gasteiger partial charge in [-0.25, -0.2) is 0 Å². The fraction of sp³-hybridized carbons (Fsp3) is 0. The smallest absolute Gasteiger partial charge is 0.160 e. The van der Waals surface area contributed by atoms with Gasteiger partial charge in [-0.2, -0.15) is 0 Å². The molecule has 0 atom stereocenters. The van der Waals surface area contributed by atoms with Crippen molar-refractivity contribution in [2.75, 3.05) is 0 Å². The van der Waals surface area contributed by atoms with Crippen LogP contribution in [-0.2, 0) is 0 Å². The summed E-state index contributed by atoms with van der Waals surface area (Å²) in [6.45, 7) is 0. The fourth-order valence-corrected chi connectivity index (χ4v) is 9.13. The number of para-hydroxylation sites is 2. The van der Waals surface area contributed by atoms with E-state index in [0.29, 0.717) is 0 Å². The number of furan rings is 1. The number of hydrogen-bond acceptors (Lipinski definition) is 1. The summed E-state index contributed by atoms with van der Waals surface area (Å²) in [6, 6.07) is 59.8. The van der Waals surface area contributed by atoms with Crippen molar-refractivity contribution in [2.24, 2.45) is 0 Å². The van der Waals surface area contributed by atoms with E-state index >= 15 is 0 Å². The summed E-state index contributed by atoms with van der Waals surface area (Å²) in [7, 11) is 0. The lowest BCUT2D eigenvalue weighted by Crippen LogP contribution is -1.97. The topological polar surface area (TPSA) is 18.1 Å². The van der Waals surface area contributed by atoms with Gasteiger partial charge in [0.05, 0.1) is 16.7 Å². The van der Waals surface area contributed by atoms with E-state index in [2.05, 4.69) is 168 Å². The molecule has 0 amide bonds. The molecule has 0 fully saturated rings. The van der Waals surface area contributed by atoms with Crippen LogP contribution >= 0.6 is 0 Å². The number of nitrogens with zero attached hydrogens (tertiary/aromatic N) is 1. The molecule has 0 spiro atoms. The third kappa shape index (κ3) is 3.23. The van der Waals surface area contributed by atoms with E-state index < -0.39 is 0 Å². The Morgan fingerprint density at radius 1 is 0.320 bits per heavy atom. The third-order valence-electron chi connectivity index (χ3n) is 11.1. The van der Waals surface area contributed by atoms with Gasteiger partial charge in [0, 0.05) is 26.9 Å². The first-order valence-corrected chi connectivity index (χ1v) is 17.3. The summed E-state index contributed by atoms with van der Waals surface area (Å²) < 4.78 is 9.31. The minimum atomic E-state index is 0.909. The molecule has 0 N–H and O–H groups in total. The summed E-state index contributed by atoms with van der Waals surface area (Å²) >= 11 is 0. The molecule has 0 unspecified atom stereocenters. The predicted molar refractivity (Wildman–Crippen MR) is 210 cm³/mol. The van der Waals surface area contributed by atoms with Crippen molar-refractivity contribution in [3.05, 3.63) is 164 Å². The molecule has 2 aromatic heterocycles. The molecule has 2 heteroatoms. The highest BCUT2D eigenvalue weighted by Gasteiger charge is 2.25. The van der Waals surface area contributed by atoms with Crippen LogP contribution in [0.15, 0.2) is 168 Å². The highest BCUT2D eigenvalue weighted by Crippen LogP contribution is 2.51. The van der Waals surface area contributed by atoms with Crippen molar-refractivity contribution < 1.29 is 4.42 Å². The lowest BCUT2D eigenvalue weighted by molar-refractivity contribution is 0.671. The van der Waals surface area contributed by atoms with Crippen LogP contribution in [0, 0.1) is 0 Å². The summed E-state index contributed by atoms with van der Waals surface area (Å²) in [5.41, 5.74) is 13.0.